The highest BCUT2D eigenvalue weighted by Crippen LogP contribution is 2.32. The van der Waals surface area contributed by atoms with Crippen molar-refractivity contribution in [3.8, 4) is 10.4 Å². The van der Waals surface area contributed by atoms with Gasteiger partial charge in [-0.3, -0.25) is 0 Å². The van der Waals surface area contributed by atoms with E-state index in [4.69, 9.17) is 10.5 Å². The molecule has 2 N–H and O–H groups in total. The Kier molecular flexibility index (Phi) is 3.39. The number of aromatic nitrogens is 1. The van der Waals surface area contributed by atoms with Gasteiger partial charge in [-0.2, -0.15) is 0 Å². The van der Waals surface area contributed by atoms with Gasteiger partial charge in [0.15, 0.2) is 5.69 Å². The first-order chi connectivity index (χ1) is 8.24. The van der Waals surface area contributed by atoms with E-state index in [1.165, 1.54) is 11.3 Å². The molecule has 2 aromatic rings. The van der Waals surface area contributed by atoms with E-state index in [1.54, 1.807) is 18.5 Å². The number of nitrogens with zero attached hydrogens (tertiary/aromatic N) is 1. The molecule has 0 aliphatic rings. The number of anilines is 1. The van der Waals surface area contributed by atoms with Gasteiger partial charge in [0.05, 0.1) is 17.0 Å². The highest BCUT2D eigenvalue weighted by atomic mass is 32.1. The molecule has 0 aliphatic carbocycles. The van der Waals surface area contributed by atoms with Gasteiger partial charge < -0.3 is 10.5 Å². The normalized spacial score (nSPS) is 10.2. The Morgan fingerprint density at radius 1 is 1.47 bits per heavy atom. The minimum absolute atomic E-state index is 0.328. The maximum Gasteiger partial charge on any atom is 0.358 e. The minimum atomic E-state index is -0.410. The van der Waals surface area contributed by atoms with E-state index in [9.17, 15) is 4.79 Å². The van der Waals surface area contributed by atoms with Crippen LogP contribution in [-0.4, -0.2) is 17.6 Å². The summed E-state index contributed by atoms with van der Waals surface area (Å²) in [6.45, 7) is 2.10. The molecular formula is C12H12N2O2S. The van der Waals surface area contributed by atoms with Crippen molar-refractivity contribution < 1.29 is 9.53 Å². The van der Waals surface area contributed by atoms with Crippen LogP contribution in [0.3, 0.4) is 0 Å². The largest absolute Gasteiger partial charge is 0.461 e. The third-order valence-electron chi connectivity index (χ3n) is 2.24. The lowest BCUT2D eigenvalue weighted by molar-refractivity contribution is 0.0521. The third kappa shape index (κ3) is 2.29. The number of benzene rings is 1. The van der Waals surface area contributed by atoms with Gasteiger partial charge in [0.1, 0.15) is 0 Å². The van der Waals surface area contributed by atoms with Crippen LogP contribution in [-0.2, 0) is 4.74 Å². The van der Waals surface area contributed by atoms with E-state index in [2.05, 4.69) is 4.98 Å². The number of para-hydroxylation sites is 1. The summed E-state index contributed by atoms with van der Waals surface area (Å²) in [6, 6.07) is 7.39. The molecule has 88 valence electrons. The van der Waals surface area contributed by atoms with Gasteiger partial charge in [-0.15, -0.1) is 11.3 Å². The first-order valence-electron chi connectivity index (χ1n) is 5.19. The maximum absolute atomic E-state index is 11.7. The van der Waals surface area contributed by atoms with E-state index in [-0.39, 0.29) is 0 Å². The predicted octanol–water partition coefficient (Wildman–Crippen LogP) is 2.57. The van der Waals surface area contributed by atoms with Gasteiger partial charge in [0.2, 0.25) is 0 Å². The van der Waals surface area contributed by atoms with Gasteiger partial charge in [-0.25, -0.2) is 9.78 Å². The summed E-state index contributed by atoms with van der Waals surface area (Å²) in [7, 11) is 0. The molecular weight excluding hydrogens is 236 g/mol. The van der Waals surface area contributed by atoms with Crippen LogP contribution in [0.15, 0.2) is 29.8 Å². The quantitative estimate of drug-likeness (QED) is 0.669. The standard InChI is InChI=1S/C12H12N2O2S/c1-2-16-12(15)10-11(17-7-14-10)8-5-3-4-6-9(8)13/h3-7H,2,13H2,1H3. The van der Waals surface area contributed by atoms with E-state index in [0.717, 1.165) is 10.4 Å². The number of hydrogen-bond acceptors (Lipinski definition) is 5. The summed E-state index contributed by atoms with van der Waals surface area (Å²) in [5.74, 6) is -0.410. The first-order valence-corrected chi connectivity index (χ1v) is 6.07. The van der Waals surface area contributed by atoms with Gasteiger partial charge in [-0.05, 0) is 13.0 Å². The molecule has 0 radical (unpaired) electrons. The number of rotatable bonds is 3. The molecule has 0 aliphatic heterocycles. The molecule has 2 rings (SSSR count). The molecule has 17 heavy (non-hydrogen) atoms. The Labute approximate surface area is 103 Å². The predicted molar refractivity (Wildman–Crippen MR) is 67.9 cm³/mol. The lowest BCUT2D eigenvalue weighted by Gasteiger charge is -2.05. The molecule has 1 aromatic heterocycles. The van der Waals surface area contributed by atoms with Crippen molar-refractivity contribution in [1.82, 2.24) is 4.98 Å². The van der Waals surface area contributed by atoms with Crippen LogP contribution >= 0.6 is 11.3 Å². The summed E-state index contributed by atoms with van der Waals surface area (Å²) in [5.41, 5.74) is 9.27. The van der Waals surface area contributed by atoms with Crippen LogP contribution in [0.25, 0.3) is 10.4 Å². The number of thiazole rings is 1. The zero-order valence-corrected chi connectivity index (χ0v) is 10.2. The molecule has 0 saturated heterocycles. The van der Waals surface area contributed by atoms with Crippen molar-refractivity contribution in [3.05, 3.63) is 35.5 Å². The SMILES string of the molecule is CCOC(=O)c1ncsc1-c1ccccc1N. The Morgan fingerprint density at radius 3 is 2.94 bits per heavy atom. The molecule has 1 aromatic carbocycles. The molecule has 0 atom stereocenters. The molecule has 5 heteroatoms. The molecule has 4 nitrogen and oxygen atoms in total. The molecule has 0 spiro atoms. The topological polar surface area (TPSA) is 65.2 Å². The molecule has 0 unspecified atom stereocenters. The smallest absolute Gasteiger partial charge is 0.358 e. The molecule has 0 bridgehead atoms. The summed E-state index contributed by atoms with van der Waals surface area (Å²) >= 11 is 1.38. The second-order valence-electron chi connectivity index (χ2n) is 3.34. The van der Waals surface area contributed by atoms with Crippen LogP contribution < -0.4 is 5.73 Å². The van der Waals surface area contributed by atoms with Gasteiger partial charge in [0.25, 0.3) is 0 Å². The number of carbonyl (C=O) groups is 1. The van der Waals surface area contributed by atoms with Crippen molar-refractivity contribution in [3.63, 3.8) is 0 Å². The van der Waals surface area contributed by atoms with Gasteiger partial charge >= 0.3 is 5.97 Å². The summed E-state index contributed by atoms with van der Waals surface area (Å²) in [4.78, 5) is 16.5. The summed E-state index contributed by atoms with van der Waals surface area (Å²) in [6.07, 6.45) is 0. The highest BCUT2D eigenvalue weighted by molar-refractivity contribution is 7.13. The number of nitrogen functional groups attached to an aromatic ring is 1. The monoisotopic (exact) mass is 248 g/mol. The second-order valence-corrected chi connectivity index (χ2v) is 4.19. The Morgan fingerprint density at radius 2 is 2.24 bits per heavy atom. The van der Waals surface area contributed by atoms with Crippen molar-refractivity contribution in [2.75, 3.05) is 12.3 Å². The lowest BCUT2D eigenvalue weighted by Crippen LogP contribution is -2.06. The number of nitrogens with two attached hydrogens (primary N) is 1. The maximum atomic E-state index is 11.7. The average molecular weight is 248 g/mol. The molecule has 1 heterocycles. The Bertz CT molecular complexity index is 537. The van der Waals surface area contributed by atoms with Crippen LogP contribution in [0, 0.1) is 0 Å². The van der Waals surface area contributed by atoms with Crippen LogP contribution in [0.2, 0.25) is 0 Å². The molecule has 0 amide bonds. The fourth-order valence-electron chi connectivity index (χ4n) is 1.49. The first kappa shape index (κ1) is 11.6. The second kappa shape index (κ2) is 4.97. The van der Waals surface area contributed by atoms with Crippen molar-refractivity contribution >= 4 is 23.0 Å². The number of esters is 1. The lowest BCUT2D eigenvalue weighted by atomic mass is 10.1. The number of carbonyl (C=O) groups excluding carboxylic acids is 1. The zero-order valence-electron chi connectivity index (χ0n) is 9.34. The number of ether oxygens (including phenoxy) is 1. The Hall–Kier alpha value is -1.88. The molecule has 0 fully saturated rings. The summed E-state index contributed by atoms with van der Waals surface area (Å²) < 4.78 is 4.95. The van der Waals surface area contributed by atoms with Crippen LogP contribution in [0.5, 0.6) is 0 Å². The van der Waals surface area contributed by atoms with E-state index < -0.39 is 5.97 Å². The van der Waals surface area contributed by atoms with Crippen molar-refractivity contribution in [2.24, 2.45) is 0 Å². The number of hydrogen-bond donors (Lipinski definition) is 1. The van der Waals surface area contributed by atoms with Crippen molar-refractivity contribution in [1.29, 1.82) is 0 Å². The average Bonchev–Trinajstić information content (AvgIpc) is 2.79. The van der Waals surface area contributed by atoms with Crippen LogP contribution in [0.4, 0.5) is 5.69 Å². The highest BCUT2D eigenvalue weighted by Gasteiger charge is 2.18. The Balaban J connectivity index is 2.44. The van der Waals surface area contributed by atoms with E-state index in [1.807, 2.05) is 18.2 Å². The summed E-state index contributed by atoms with van der Waals surface area (Å²) in [5, 5.41) is 0. The van der Waals surface area contributed by atoms with E-state index in [0.29, 0.717) is 18.0 Å². The fraction of sp³-hybridized carbons (Fsp3) is 0.167. The van der Waals surface area contributed by atoms with Gasteiger partial charge in [0, 0.05) is 11.3 Å². The zero-order chi connectivity index (χ0) is 12.3. The fourth-order valence-corrected chi connectivity index (χ4v) is 2.31. The van der Waals surface area contributed by atoms with Crippen LogP contribution in [0.1, 0.15) is 17.4 Å². The minimum Gasteiger partial charge on any atom is -0.461 e. The third-order valence-corrected chi connectivity index (χ3v) is 3.10. The van der Waals surface area contributed by atoms with Crippen molar-refractivity contribution in [2.45, 2.75) is 6.92 Å². The van der Waals surface area contributed by atoms with E-state index >= 15 is 0 Å². The van der Waals surface area contributed by atoms with Gasteiger partial charge in [-0.1, -0.05) is 18.2 Å². The molecule has 0 saturated carbocycles.